The Morgan fingerprint density at radius 1 is 1.25 bits per heavy atom. The quantitative estimate of drug-likeness (QED) is 0.658. The van der Waals surface area contributed by atoms with E-state index in [0.29, 0.717) is 5.41 Å². The second kappa shape index (κ2) is 3.50. The van der Waals surface area contributed by atoms with Crippen molar-refractivity contribution in [2.45, 2.75) is 51.4 Å². The maximum Gasteiger partial charge on any atom is 0.0474 e. The van der Waals surface area contributed by atoms with Crippen LogP contribution in [0.2, 0.25) is 25.2 Å². The molecule has 0 saturated carbocycles. The molecule has 1 heterocycles. The van der Waals surface area contributed by atoms with Gasteiger partial charge in [0.1, 0.15) is 0 Å². The lowest BCUT2D eigenvalue weighted by Gasteiger charge is -2.41. The molecule has 1 rings (SSSR count). The van der Waals surface area contributed by atoms with Crippen LogP contribution in [-0.2, 0) is 0 Å². The molecule has 0 amide bonds. The van der Waals surface area contributed by atoms with Crippen LogP contribution >= 0.6 is 0 Å². The Hall–Kier alpha value is 0.177. The molecule has 0 bridgehead atoms. The van der Waals surface area contributed by atoms with Crippen LogP contribution in [0.5, 0.6) is 0 Å². The number of nitrogens with two attached hydrogens (primary N) is 1. The first-order valence-electron chi connectivity index (χ1n) is 5.24. The Morgan fingerprint density at radius 2 is 1.75 bits per heavy atom. The Morgan fingerprint density at radius 3 is 2.08 bits per heavy atom. The highest BCUT2D eigenvalue weighted by Crippen LogP contribution is 2.42. The number of hydrogen-bond donors (Lipinski definition) is 1. The second-order valence-electron chi connectivity index (χ2n) is 5.22. The summed E-state index contributed by atoms with van der Waals surface area (Å²) in [4.78, 5) is 0. The van der Waals surface area contributed by atoms with E-state index in [9.17, 15) is 0 Å². The molecule has 0 atom stereocenters. The van der Waals surface area contributed by atoms with Crippen LogP contribution in [-0.4, -0.2) is 14.6 Å². The highest BCUT2D eigenvalue weighted by Gasteiger charge is 2.36. The van der Waals surface area contributed by atoms with Crippen LogP contribution in [0.3, 0.4) is 0 Å². The minimum Gasteiger partial charge on any atom is -0.330 e. The maximum absolute atomic E-state index is 5.85. The summed E-state index contributed by atoms with van der Waals surface area (Å²) in [6.07, 6.45) is 4.09. The van der Waals surface area contributed by atoms with Crippen LogP contribution < -0.4 is 5.73 Å². The molecule has 1 aliphatic heterocycles. The lowest BCUT2D eigenvalue weighted by atomic mass is 9.79. The van der Waals surface area contributed by atoms with Crippen LogP contribution in [0.1, 0.15) is 26.2 Å². The van der Waals surface area contributed by atoms with Crippen molar-refractivity contribution in [2.75, 3.05) is 6.54 Å². The molecule has 0 aromatic rings. The molecule has 2 N–H and O–H groups in total. The largest absolute Gasteiger partial charge is 0.330 e. The van der Waals surface area contributed by atoms with Gasteiger partial charge in [-0.05, 0) is 31.2 Å². The summed E-state index contributed by atoms with van der Waals surface area (Å²) in [5.41, 5.74) is 6.38. The fourth-order valence-corrected chi connectivity index (χ4v) is 4.82. The zero-order valence-corrected chi connectivity index (χ0v) is 9.82. The van der Waals surface area contributed by atoms with Crippen molar-refractivity contribution >= 4 is 8.07 Å². The molecule has 0 aromatic carbocycles. The molecule has 0 aromatic heterocycles. The van der Waals surface area contributed by atoms with Gasteiger partial charge < -0.3 is 5.73 Å². The minimum atomic E-state index is -0.767. The van der Waals surface area contributed by atoms with E-state index in [0.717, 1.165) is 6.54 Å². The van der Waals surface area contributed by atoms with Gasteiger partial charge in [-0.15, -0.1) is 0 Å². The van der Waals surface area contributed by atoms with Crippen molar-refractivity contribution in [3.8, 4) is 0 Å². The lowest BCUT2D eigenvalue weighted by Crippen LogP contribution is -2.40. The van der Waals surface area contributed by atoms with Crippen molar-refractivity contribution in [3.63, 3.8) is 0 Å². The highest BCUT2D eigenvalue weighted by atomic mass is 28.3. The molecule has 1 nitrogen and oxygen atoms in total. The number of hydrogen-bond acceptors (Lipinski definition) is 1. The third-order valence-electron chi connectivity index (χ3n) is 3.85. The molecule has 12 heavy (non-hydrogen) atoms. The summed E-state index contributed by atoms with van der Waals surface area (Å²) < 4.78 is 0. The smallest absolute Gasteiger partial charge is 0.0474 e. The van der Waals surface area contributed by atoms with E-state index in [1.54, 1.807) is 0 Å². The third-order valence-corrected chi connectivity index (χ3v) is 7.05. The molecular weight excluding hydrogens is 162 g/mol. The first-order chi connectivity index (χ1) is 5.54. The van der Waals surface area contributed by atoms with Crippen LogP contribution in [0.25, 0.3) is 0 Å². The molecular formula is C10H23NSi. The summed E-state index contributed by atoms with van der Waals surface area (Å²) in [6, 6.07) is 3.00. The van der Waals surface area contributed by atoms with Gasteiger partial charge in [0.15, 0.2) is 0 Å². The zero-order valence-electron chi connectivity index (χ0n) is 8.82. The van der Waals surface area contributed by atoms with E-state index in [1.807, 2.05) is 0 Å². The highest BCUT2D eigenvalue weighted by molar-refractivity contribution is 6.77. The topological polar surface area (TPSA) is 26.0 Å². The minimum absolute atomic E-state index is 0.530. The fourth-order valence-electron chi connectivity index (χ4n) is 2.16. The van der Waals surface area contributed by atoms with Gasteiger partial charge in [0, 0.05) is 8.07 Å². The van der Waals surface area contributed by atoms with Crippen LogP contribution in [0.15, 0.2) is 0 Å². The van der Waals surface area contributed by atoms with E-state index in [1.165, 1.54) is 31.4 Å². The van der Waals surface area contributed by atoms with Gasteiger partial charge in [-0.3, -0.25) is 0 Å². The van der Waals surface area contributed by atoms with Crippen LogP contribution in [0.4, 0.5) is 0 Å². The Labute approximate surface area is 77.7 Å². The molecule has 2 heteroatoms. The standard InChI is InChI=1S/C10H23NSi/c1-4-10(9-11)5-7-12(2,3)8-6-10/h4-9,11H2,1-3H3. The first kappa shape index (κ1) is 10.3. The summed E-state index contributed by atoms with van der Waals surface area (Å²) in [5.74, 6) is 0. The fraction of sp³-hybridized carbons (Fsp3) is 1.00. The molecule has 1 saturated heterocycles. The predicted octanol–water partition coefficient (Wildman–Crippen LogP) is 2.84. The Balaban J connectivity index is 2.53. The van der Waals surface area contributed by atoms with Gasteiger partial charge in [-0.1, -0.05) is 32.1 Å². The third kappa shape index (κ3) is 2.11. The zero-order chi connectivity index (χ0) is 9.24. The molecule has 72 valence electrons. The SMILES string of the molecule is CCC1(CN)CC[Si](C)(C)CC1. The van der Waals surface area contributed by atoms with Gasteiger partial charge in [-0.25, -0.2) is 0 Å². The molecule has 0 radical (unpaired) electrons. The average Bonchev–Trinajstić information content (AvgIpc) is 2.06. The number of rotatable bonds is 2. The monoisotopic (exact) mass is 185 g/mol. The molecule has 1 fully saturated rings. The summed E-state index contributed by atoms with van der Waals surface area (Å²) >= 11 is 0. The van der Waals surface area contributed by atoms with Gasteiger partial charge in [0.05, 0.1) is 0 Å². The Kier molecular flexibility index (Phi) is 3.00. The van der Waals surface area contributed by atoms with E-state index in [-0.39, 0.29) is 0 Å². The second-order valence-corrected chi connectivity index (χ2v) is 10.6. The Bertz CT molecular complexity index is 138. The van der Waals surface area contributed by atoms with Crippen molar-refractivity contribution in [1.82, 2.24) is 0 Å². The summed E-state index contributed by atoms with van der Waals surface area (Å²) in [6.45, 7) is 8.24. The maximum atomic E-state index is 5.85. The molecule has 0 unspecified atom stereocenters. The average molecular weight is 185 g/mol. The van der Waals surface area contributed by atoms with E-state index >= 15 is 0 Å². The van der Waals surface area contributed by atoms with Gasteiger partial charge in [-0.2, -0.15) is 0 Å². The molecule has 1 aliphatic rings. The van der Waals surface area contributed by atoms with Gasteiger partial charge in [0.2, 0.25) is 0 Å². The van der Waals surface area contributed by atoms with Crippen LogP contribution in [0, 0.1) is 5.41 Å². The summed E-state index contributed by atoms with van der Waals surface area (Å²) in [7, 11) is -0.767. The van der Waals surface area contributed by atoms with Crippen molar-refractivity contribution in [1.29, 1.82) is 0 Å². The predicted molar refractivity (Wildman–Crippen MR) is 58.1 cm³/mol. The first-order valence-corrected chi connectivity index (χ1v) is 8.65. The normalized spacial score (nSPS) is 27.0. The molecule has 0 spiro atoms. The van der Waals surface area contributed by atoms with Crippen molar-refractivity contribution < 1.29 is 0 Å². The lowest BCUT2D eigenvalue weighted by molar-refractivity contribution is 0.249. The van der Waals surface area contributed by atoms with Gasteiger partial charge >= 0.3 is 0 Å². The van der Waals surface area contributed by atoms with Gasteiger partial charge in [0.25, 0.3) is 0 Å². The molecule has 0 aliphatic carbocycles. The van der Waals surface area contributed by atoms with E-state index < -0.39 is 8.07 Å². The van der Waals surface area contributed by atoms with Crippen molar-refractivity contribution in [3.05, 3.63) is 0 Å². The van der Waals surface area contributed by atoms with Crippen molar-refractivity contribution in [2.24, 2.45) is 11.1 Å². The summed E-state index contributed by atoms with van der Waals surface area (Å²) in [5, 5.41) is 0. The van der Waals surface area contributed by atoms with E-state index in [4.69, 9.17) is 5.73 Å². The van der Waals surface area contributed by atoms with E-state index in [2.05, 4.69) is 20.0 Å².